The van der Waals surface area contributed by atoms with Gasteiger partial charge in [-0.25, -0.2) is 4.99 Å². The topological polar surface area (TPSA) is 86.8 Å². The molecular weight excluding hydrogens is 488 g/mol. The monoisotopic (exact) mass is 534 g/mol. The summed E-state index contributed by atoms with van der Waals surface area (Å²) in [7, 11) is 0. The highest BCUT2D eigenvalue weighted by molar-refractivity contribution is 8.13. The maximum Gasteiger partial charge on any atom is 0.192 e. The van der Waals surface area contributed by atoms with Gasteiger partial charge in [0.15, 0.2) is 11.1 Å². The van der Waals surface area contributed by atoms with E-state index in [4.69, 9.17) is 5.73 Å². The van der Waals surface area contributed by atoms with Crippen molar-refractivity contribution in [3.8, 4) is 0 Å². The lowest BCUT2D eigenvalue weighted by Gasteiger charge is -2.23. The molecule has 0 radical (unpaired) electrons. The minimum atomic E-state index is 0.603. The number of benzene rings is 2. The number of thioether (sulfide) groups is 1. The van der Waals surface area contributed by atoms with Gasteiger partial charge in [-0.05, 0) is 56.9 Å². The Morgan fingerprint density at radius 2 is 1.39 bits per heavy atom. The normalized spacial score (nSPS) is 25.1. The van der Waals surface area contributed by atoms with Crippen molar-refractivity contribution in [3.63, 3.8) is 0 Å². The molecule has 6 rings (SSSR count). The molecule has 1 saturated heterocycles. The quantitative estimate of drug-likeness (QED) is 0.422. The molecule has 2 heterocycles. The molecule has 2 aromatic carbocycles. The lowest BCUT2D eigenvalue weighted by atomic mass is 9.92. The van der Waals surface area contributed by atoms with Gasteiger partial charge in [-0.1, -0.05) is 97.1 Å². The lowest BCUT2D eigenvalue weighted by Crippen LogP contribution is -2.36. The number of aliphatic imine (C=N–C) groups is 2. The first-order valence-electron chi connectivity index (χ1n) is 14.3. The van der Waals surface area contributed by atoms with Crippen LogP contribution >= 0.6 is 11.8 Å². The molecule has 3 fully saturated rings. The standard InChI is InChI=1S/C15H21N3.C8H14N2S.C8H11N/c1-11-5-4-6-12(9-11)10-16-15-17-13-7-2-3-8-14(13)18-15;1-11-8-9-6-4-2-3-5-7(6)10-8;1-7-3-2-4-8(5-7)6-9/h4-6,9,13-14H,2-3,7-8,10H2,1H3,(H2,16,17,18);6-7H,2-5H2,1H3,(H,9,10);2-5H,6,9H2,1H3. The summed E-state index contributed by atoms with van der Waals surface area (Å²) in [4.78, 5) is 9.25. The van der Waals surface area contributed by atoms with Crippen molar-refractivity contribution in [1.29, 1.82) is 0 Å². The molecule has 5 N–H and O–H groups in total. The lowest BCUT2D eigenvalue weighted by molar-refractivity contribution is 0.374. The molecule has 0 amide bonds. The van der Waals surface area contributed by atoms with Crippen molar-refractivity contribution in [1.82, 2.24) is 16.0 Å². The van der Waals surface area contributed by atoms with Crippen molar-refractivity contribution in [3.05, 3.63) is 70.8 Å². The summed E-state index contributed by atoms with van der Waals surface area (Å²) in [6.45, 7) is 5.59. The molecular formula is C31H46N6S. The van der Waals surface area contributed by atoms with Gasteiger partial charge in [-0.2, -0.15) is 0 Å². The zero-order valence-corrected chi connectivity index (χ0v) is 24.2. The zero-order valence-electron chi connectivity index (χ0n) is 23.4. The first-order chi connectivity index (χ1) is 18.5. The van der Waals surface area contributed by atoms with Gasteiger partial charge in [0.2, 0.25) is 0 Å². The average Bonchev–Trinajstić information content (AvgIpc) is 3.56. The first kappa shape index (κ1) is 28.5. The van der Waals surface area contributed by atoms with Crippen LogP contribution in [-0.4, -0.2) is 41.6 Å². The largest absolute Gasteiger partial charge is 0.360 e. The van der Waals surface area contributed by atoms with E-state index in [-0.39, 0.29) is 0 Å². The second kappa shape index (κ2) is 14.6. The minimum Gasteiger partial charge on any atom is -0.360 e. The van der Waals surface area contributed by atoms with E-state index in [2.05, 4.69) is 82.4 Å². The fraction of sp³-hybridized carbons (Fsp3) is 0.548. The molecule has 2 aromatic rings. The van der Waals surface area contributed by atoms with Crippen LogP contribution in [0.4, 0.5) is 0 Å². The Morgan fingerprint density at radius 1 is 0.816 bits per heavy atom. The molecule has 2 saturated carbocycles. The van der Waals surface area contributed by atoms with Gasteiger partial charge in [0.05, 0.1) is 18.6 Å². The van der Waals surface area contributed by atoms with Crippen molar-refractivity contribution in [2.75, 3.05) is 6.26 Å². The van der Waals surface area contributed by atoms with Crippen LogP contribution in [0.1, 0.15) is 73.6 Å². The number of aryl methyl sites for hydroxylation is 2. The van der Waals surface area contributed by atoms with Crippen LogP contribution in [-0.2, 0) is 13.1 Å². The predicted molar refractivity (Wildman–Crippen MR) is 164 cm³/mol. The second-order valence-electron chi connectivity index (χ2n) is 10.9. The molecule has 0 aromatic heterocycles. The zero-order chi connectivity index (χ0) is 26.7. The average molecular weight is 535 g/mol. The third-order valence-corrected chi connectivity index (χ3v) is 8.36. The fourth-order valence-electron chi connectivity index (χ4n) is 5.67. The van der Waals surface area contributed by atoms with Gasteiger partial charge in [0, 0.05) is 18.6 Å². The molecule has 2 aliphatic carbocycles. The molecule has 7 heteroatoms. The van der Waals surface area contributed by atoms with Crippen molar-refractivity contribution >= 4 is 22.9 Å². The number of hydrogen-bond donors (Lipinski definition) is 4. The third kappa shape index (κ3) is 8.50. The summed E-state index contributed by atoms with van der Waals surface area (Å²) in [6.07, 6.45) is 12.7. The minimum absolute atomic E-state index is 0.603. The maximum atomic E-state index is 5.42. The molecule has 206 valence electrons. The highest BCUT2D eigenvalue weighted by atomic mass is 32.2. The molecule has 4 unspecified atom stereocenters. The molecule has 4 aliphatic rings. The van der Waals surface area contributed by atoms with E-state index in [1.165, 1.54) is 73.6 Å². The molecule has 6 nitrogen and oxygen atoms in total. The highest BCUT2D eigenvalue weighted by Crippen LogP contribution is 2.26. The van der Waals surface area contributed by atoms with Gasteiger partial charge in [-0.3, -0.25) is 4.99 Å². The summed E-state index contributed by atoms with van der Waals surface area (Å²) < 4.78 is 0. The highest BCUT2D eigenvalue weighted by Gasteiger charge is 2.32. The number of fused-ring (bicyclic) bond motifs is 2. The number of nitrogens with zero attached hydrogens (tertiary/aromatic N) is 2. The van der Waals surface area contributed by atoms with Crippen LogP contribution in [0, 0.1) is 13.8 Å². The Hall–Kier alpha value is -2.51. The number of hydrogen-bond acceptors (Lipinski definition) is 5. The Bertz CT molecular complexity index is 1070. The van der Waals surface area contributed by atoms with E-state index in [1.54, 1.807) is 11.8 Å². The van der Waals surface area contributed by atoms with E-state index in [9.17, 15) is 0 Å². The maximum absolute atomic E-state index is 5.42. The predicted octanol–water partition coefficient (Wildman–Crippen LogP) is 5.43. The van der Waals surface area contributed by atoms with Crippen LogP contribution < -0.4 is 21.7 Å². The Kier molecular flexibility index (Phi) is 10.9. The summed E-state index contributed by atoms with van der Waals surface area (Å²) in [6, 6.07) is 19.3. The van der Waals surface area contributed by atoms with E-state index < -0.39 is 0 Å². The number of amidine groups is 1. The Morgan fingerprint density at radius 3 is 1.95 bits per heavy atom. The Labute approximate surface area is 233 Å². The molecule has 38 heavy (non-hydrogen) atoms. The van der Waals surface area contributed by atoms with Crippen molar-refractivity contribution in [2.45, 2.75) is 102 Å². The van der Waals surface area contributed by atoms with Crippen LogP contribution in [0.25, 0.3) is 0 Å². The second-order valence-corrected chi connectivity index (χ2v) is 11.7. The smallest absolute Gasteiger partial charge is 0.192 e. The van der Waals surface area contributed by atoms with Gasteiger partial charge in [0.25, 0.3) is 0 Å². The van der Waals surface area contributed by atoms with Gasteiger partial charge >= 0.3 is 0 Å². The number of nitrogens with one attached hydrogen (secondary N) is 3. The van der Waals surface area contributed by atoms with Crippen LogP contribution in [0.5, 0.6) is 0 Å². The third-order valence-electron chi connectivity index (χ3n) is 7.75. The van der Waals surface area contributed by atoms with E-state index in [0.29, 0.717) is 30.7 Å². The fourth-order valence-corrected chi connectivity index (χ4v) is 6.18. The molecule has 0 bridgehead atoms. The van der Waals surface area contributed by atoms with Gasteiger partial charge in [-0.15, -0.1) is 0 Å². The first-order valence-corrected chi connectivity index (χ1v) is 15.5. The van der Waals surface area contributed by atoms with E-state index in [1.807, 2.05) is 12.1 Å². The summed E-state index contributed by atoms with van der Waals surface area (Å²) >= 11 is 1.74. The van der Waals surface area contributed by atoms with E-state index >= 15 is 0 Å². The van der Waals surface area contributed by atoms with Crippen LogP contribution in [0.3, 0.4) is 0 Å². The Balaban J connectivity index is 0.000000144. The molecule has 0 spiro atoms. The van der Waals surface area contributed by atoms with Crippen molar-refractivity contribution < 1.29 is 0 Å². The summed E-state index contributed by atoms with van der Waals surface area (Å²) in [5, 5.41) is 11.6. The number of nitrogens with two attached hydrogens (primary N) is 1. The molecule has 2 aliphatic heterocycles. The summed E-state index contributed by atoms with van der Waals surface area (Å²) in [5.74, 6) is 0.994. The van der Waals surface area contributed by atoms with Gasteiger partial charge in [0.1, 0.15) is 0 Å². The van der Waals surface area contributed by atoms with Gasteiger partial charge < -0.3 is 21.7 Å². The molecule has 4 atom stereocenters. The SMILES string of the molecule is CSC1=NC2CCCCC2N1.Cc1cccc(CN)c1.Cc1cccc(CN=C2NC3CCCCC3N2)c1. The van der Waals surface area contributed by atoms with Crippen molar-refractivity contribution in [2.24, 2.45) is 15.7 Å². The number of guanidine groups is 1. The summed E-state index contributed by atoms with van der Waals surface area (Å²) in [5.41, 5.74) is 10.5. The van der Waals surface area contributed by atoms with E-state index in [0.717, 1.165) is 17.7 Å². The number of rotatable bonds is 3. The van der Waals surface area contributed by atoms with Crippen LogP contribution in [0.2, 0.25) is 0 Å². The van der Waals surface area contributed by atoms with Crippen LogP contribution in [0.15, 0.2) is 58.5 Å².